The largest absolute Gasteiger partial charge is 0.301 e. The van der Waals surface area contributed by atoms with Gasteiger partial charge in [-0.05, 0) is 6.42 Å². The molecule has 1 radical (unpaired) electrons. The van der Waals surface area contributed by atoms with Gasteiger partial charge < -0.3 is 4.90 Å². The van der Waals surface area contributed by atoms with Gasteiger partial charge in [0.2, 0.25) is 5.91 Å². The molecule has 0 aromatic heterocycles. The molecule has 0 aromatic carbocycles. The number of hydrogen-bond acceptors (Lipinski definition) is 2. The predicted octanol–water partition coefficient (Wildman–Crippen LogP) is -0.243. The predicted molar refractivity (Wildman–Crippen MR) is 29.9 cm³/mol. The lowest BCUT2D eigenvalue weighted by molar-refractivity contribution is -0.125. The molecule has 0 bridgehead atoms. The second-order valence-corrected chi connectivity index (χ2v) is 1.86. The topological polar surface area (TPSA) is 37.4 Å². The Balaban J connectivity index is 2.59. The highest BCUT2D eigenvalue weighted by atomic mass is 16.2. The van der Waals surface area contributed by atoms with Crippen molar-refractivity contribution >= 4 is 11.8 Å². The summed E-state index contributed by atoms with van der Waals surface area (Å²) in [4.78, 5) is 21.6. The summed E-state index contributed by atoms with van der Waals surface area (Å²) in [6.07, 6.45) is 3.54. The molecule has 3 nitrogen and oxygen atoms in total. The molecule has 0 unspecified atom stereocenters. The molecule has 9 heavy (non-hydrogen) atoms. The number of hydrogen-bond donors (Lipinski definition) is 0. The van der Waals surface area contributed by atoms with Gasteiger partial charge in [-0.1, -0.05) is 0 Å². The lowest BCUT2D eigenvalue weighted by Crippen LogP contribution is -2.18. The van der Waals surface area contributed by atoms with E-state index in [9.17, 15) is 9.59 Å². The first-order valence-electron chi connectivity index (χ1n) is 2.78. The molecule has 0 aliphatic carbocycles. The molecular weight excluding hydrogens is 118 g/mol. The van der Waals surface area contributed by atoms with Crippen molar-refractivity contribution in [2.75, 3.05) is 6.54 Å². The van der Waals surface area contributed by atoms with Gasteiger partial charge >= 0.3 is 0 Å². The monoisotopic (exact) mass is 124 g/mol. The fraction of sp³-hybridized carbons (Fsp3) is 0.500. The summed E-state index contributed by atoms with van der Waals surface area (Å²) in [5.41, 5.74) is 0. The van der Waals surface area contributed by atoms with Crippen LogP contribution in [-0.2, 0) is 9.59 Å². The first-order valence-corrected chi connectivity index (χ1v) is 2.78. The van der Waals surface area contributed by atoms with Crippen LogP contribution in [0.1, 0.15) is 12.8 Å². The van der Waals surface area contributed by atoms with Crippen molar-refractivity contribution in [1.29, 1.82) is 0 Å². The molecule has 0 N–H and O–H groups in total. The third-order valence-corrected chi connectivity index (χ3v) is 1.25. The van der Waals surface area contributed by atoms with E-state index in [1.54, 1.807) is 0 Å². The summed E-state index contributed by atoms with van der Waals surface area (Å²) >= 11 is 0. The highest BCUT2D eigenvalue weighted by Crippen LogP contribution is 2.07. The second kappa shape index (κ2) is 2.46. The van der Waals surface area contributed by atoms with E-state index in [-0.39, 0.29) is 5.91 Å². The smallest absolute Gasteiger partial charge is 0.227 e. The molecule has 1 rings (SSSR count). The summed E-state index contributed by atoms with van der Waals surface area (Å²) < 4.78 is 0. The van der Waals surface area contributed by atoms with Crippen LogP contribution in [0.4, 0.5) is 0 Å². The van der Waals surface area contributed by atoms with Crippen molar-refractivity contribution in [2.45, 2.75) is 12.8 Å². The SMILES string of the molecule is O=C=[C]N1CCCC1=O. The number of carbonyl (C=O) groups excluding carboxylic acids is 2. The minimum absolute atomic E-state index is 0.0293. The van der Waals surface area contributed by atoms with E-state index in [2.05, 4.69) is 6.20 Å². The van der Waals surface area contributed by atoms with E-state index in [1.807, 2.05) is 0 Å². The molecule has 1 aliphatic rings. The summed E-state index contributed by atoms with van der Waals surface area (Å²) in [5, 5.41) is 0. The van der Waals surface area contributed by atoms with Crippen LogP contribution in [0.25, 0.3) is 0 Å². The highest BCUT2D eigenvalue weighted by Gasteiger charge is 2.17. The minimum Gasteiger partial charge on any atom is -0.301 e. The molecule has 1 aliphatic heterocycles. The normalized spacial score (nSPS) is 17.8. The van der Waals surface area contributed by atoms with Crippen LogP contribution in [0.15, 0.2) is 0 Å². The molecule has 0 aromatic rings. The molecule has 47 valence electrons. The number of carbonyl (C=O) groups is 1. The van der Waals surface area contributed by atoms with Gasteiger partial charge in [-0.15, -0.1) is 0 Å². The third-order valence-electron chi connectivity index (χ3n) is 1.25. The van der Waals surface area contributed by atoms with Crippen molar-refractivity contribution in [3.8, 4) is 0 Å². The van der Waals surface area contributed by atoms with Crippen molar-refractivity contribution in [2.24, 2.45) is 0 Å². The van der Waals surface area contributed by atoms with Gasteiger partial charge in [-0.3, -0.25) is 4.79 Å². The Hall–Kier alpha value is -1.08. The van der Waals surface area contributed by atoms with Gasteiger partial charge in [0.05, 0.1) is 0 Å². The summed E-state index contributed by atoms with van der Waals surface area (Å²) in [5.74, 6) is 1.42. The molecule has 1 fully saturated rings. The second-order valence-electron chi connectivity index (χ2n) is 1.86. The van der Waals surface area contributed by atoms with Crippen LogP contribution in [0, 0.1) is 6.20 Å². The molecule has 3 heteroatoms. The Morgan fingerprint density at radius 1 is 1.56 bits per heavy atom. The average molecular weight is 124 g/mol. The summed E-state index contributed by atoms with van der Waals surface area (Å²) in [7, 11) is 0. The van der Waals surface area contributed by atoms with Gasteiger partial charge in [-0.2, -0.15) is 0 Å². The zero-order valence-electron chi connectivity index (χ0n) is 4.89. The maximum Gasteiger partial charge on any atom is 0.227 e. The van der Waals surface area contributed by atoms with E-state index in [4.69, 9.17) is 0 Å². The average Bonchev–Trinajstić information content (AvgIpc) is 2.18. The van der Waals surface area contributed by atoms with E-state index < -0.39 is 0 Å². The van der Waals surface area contributed by atoms with Gasteiger partial charge in [0.15, 0.2) is 12.1 Å². The van der Waals surface area contributed by atoms with Crippen LogP contribution in [0.5, 0.6) is 0 Å². The van der Waals surface area contributed by atoms with Gasteiger partial charge in [0.1, 0.15) is 0 Å². The van der Waals surface area contributed by atoms with Crippen molar-refractivity contribution in [3.63, 3.8) is 0 Å². The molecule has 0 atom stereocenters. The molecule has 0 saturated carbocycles. The van der Waals surface area contributed by atoms with Gasteiger partial charge in [0, 0.05) is 13.0 Å². The van der Waals surface area contributed by atoms with Crippen molar-refractivity contribution in [1.82, 2.24) is 4.90 Å². The van der Waals surface area contributed by atoms with E-state index in [0.717, 1.165) is 6.42 Å². The Kier molecular flexibility index (Phi) is 1.66. The van der Waals surface area contributed by atoms with Crippen molar-refractivity contribution < 1.29 is 9.59 Å². The van der Waals surface area contributed by atoms with E-state index in [1.165, 1.54) is 10.8 Å². The summed E-state index contributed by atoms with van der Waals surface area (Å²) in [6, 6.07) is 0. The van der Waals surface area contributed by atoms with Gasteiger partial charge in [-0.25, -0.2) is 4.79 Å². The number of likely N-dealkylation sites (tertiary alicyclic amines) is 1. The van der Waals surface area contributed by atoms with E-state index in [0.29, 0.717) is 13.0 Å². The number of amides is 1. The Morgan fingerprint density at radius 3 is 2.78 bits per heavy atom. The third kappa shape index (κ3) is 1.18. The molecule has 1 saturated heterocycles. The highest BCUT2D eigenvalue weighted by molar-refractivity contribution is 5.79. The molecule has 1 amide bonds. The molecule has 1 heterocycles. The van der Waals surface area contributed by atoms with Crippen LogP contribution >= 0.6 is 0 Å². The standard InChI is InChI=1S/C6H6NO2/c8-5-4-7-3-1-2-6(7)9/h1-3H2. The van der Waals surface area contributed by atoms with Crippen LogP contribution in [0.3, 0.4) is 0 Å². The maximum atomic E-state index is 10.6. The van der Waals surface area contributed by atoms with Crippen molar-refractivity contribution in [3.05, 3.63) is 6.20 Å². The van der Waals surface area contributed by atoms with E-state index >= 15 is 0 Å². The molecular formula is C6H6NO2. The zero-order chi connectivity index (χ0) is 6.69. The molecule has 0 spiro atoms. The first kappa shape index (κ1) is 6.05. The Labute approximate surface area is 53.0 Å². The Bertz CT molecular complexity index is 170. The Morgan fingerprint density at radius 2 is 2.33 bits per heavy atom. The quantitative estimate of drug-likeness (QED) is 0.452. The van der Waals surface area contributed by atoms with Gasteiger partial charge in [0.25, 0.3) is 0 Å². The van der Waals surface area contributed by atoms with Crippen LogP contribution in [0.2, 0.25) is 0 Å². The minimum atomic E-state index is -0.0293. The lowest BCUT2D eigenvalue weighted by Gasteiger charge is -2.02. The fourth-order valence-electron chi connectivity index (χ4n) is 0.821. The number of rotatable bonds is 1. The van der Waals surface area contributed by atoms with Crippen LogP contribution in [-0.4, -0.2) is 23.3 Å². The maximum absolute atomic E-state index is 10.6. The summed E-state index contributed by atoms with van der Waals surface area (Å²) in [6.45, 7) is 0.619. The fourth-order valence-corrected chi connectivity index (χ4v) is 0.821. The first-order chi connectivity index (χ1) is 4.34. The zero-order valence-corrected chi connectivity index (χ0v) is 4.89. The lowest BCUT2D eigenvalue weighted by atomic mass is 10.4. The van der Waals surface area contributed by atoms with Crippen LogP contribution < -0.4 is 0 Å². The number of nitrogens with zero attached hydrogens (tertiary/aromatic N) is 1.